The van der Waals surface area contributed by atoms with Crippen molar-refractivity contribution in [2.75, 3.05) is 13.2 Å². The number of aryl methyl sites for hydroxylation is 1. The number of benzene rings is 1. The lowest BCUT2D eigenvalue weighted by Crippen LogP contribution is -2.45. The maximum Gasteiger partial charge on any atom is 0.133 e. The molecule has 1 aliphatic heterocycles. The average molecular weight is 287 g/mol. The molecule has 2 heterocycles. The van der Waals surface area contributed by atoms with Gasteiger partial charge in [-0.1, -0.05) is 25.1 Å². The van der Waals surface area contributed by atoms with Gasteiger partial charge in [-0.05, 0) is 30.2 Å². The van der Waals surface area contributed by atoms with Crippen molar-refractivity contribution in [3.63, 3.8) is 0 Å². The third-order valence-corrected chi connectivity index (χ3v) is 4.32. The lowest BCUT2D eigenvalue weighted by Gasteiger charge is -2.39. The molecule has 2 unspecified atom stereocenters. The highest BCUT2D eigenvalue weighted by molar-refractivity contribution is 5.37. The molecule has 2 aromatic rings. The molecule has 3 rings (SSSR count). The number of aliphatic hydroxyl groups excluding tert-OH is 1. The maximum atomic E-state index is 10.8. The van der Waals surface area contributed by atoms with Crippen LogP contribution in [0.1, 0.15) is 30.1 Å². The molecule has 4 nitrogen and oxygen atoms in total. The molecule has 21 heavy (non-hydrogen) atoms. The minimum atomic E-state index is -0.767. The number of rotatable bonds is 4. The fraction of sp³-hybridized carbons (Fsp3) is 0.412. The summed E-state index contributed by atoms with van der Waals surface area (Å²) < 4.78 is 11.5. The van der Waals surface area contributed by atoms with Gasteiger partial charge in [0.15, 0.2) is 0 Å². The molecule has 0 saturated heterocycles. The van der Waals surface area contributed by atoms with Crippen LogP contribution < -0.4 is 10.5 Å². The van der Waals surface area contributed by atoms with E-state index in [0.717, 1.165) is 23.5 Å². The minimum Gasteiger partial charge on any atom is -0.493 e. The first kappa shape index (κ1) is 14.2. The van der Waals surface area contributed by atoms with Gasteiger partial charge in [-0.25, -0.2) is 0 Å². The lowest BCUT2D eigenvalue weighted by molar-refractivity contribution is -0.0283. The van der Waals surface area contributed by atoms with Gasteiger partial charge in [0.2, 0.25) is 0 Å². The van der Waals surface area contributed by atoms with E-state index < -0.39 is 11.5 Å². The van der Waals surface area contributed by atoms with E-state index in [1.165, 1.54) is 0 Å². The second-order valence-corrected chi connectivity index (χ2v) is 5.70. The Labute approximate surface area is 124 Å². The summed E-state index contributed by atoms with van der Waals surface area (Å²) in [7, 11) is 0. The largest absolute Gasteiger partial charge is 0.493 e. The molecule has 3 N–H and O–H groups in total. The van der Waals surface area contributed by atoms with Gasteiger partial charge in [0, 0.05) is 13.0 Å². The Bertz CT molecular complexity index is 622. The van der Waals surface area contributed by atoms with E-state index in [1.54, 1.807) is 0 Å². The van der Waals surface area contributed by atoms with Crippen molar-refractivity contribution in [1.29, 1.82) is 0 Å². The highest BCUT2D eigenvalue weighted by Crippen LogP contribution is 2.42. The average Bonchev–Trinajstić information content (AvgIpc) is 3.02. The van der Waals surface area contributed by atoms with Gasteiger partial charge in [-0.15, -0.1) is 0 Å². The van der Waals surface area contributed by atoms with Gasteiger partial charge in [0.05, 0.1) is 12.0 Å². The molecule has 0 bridgehead atoms. The quantitative estimate of drug-likeness (QED) is 0.906. The number of nitrogens with two attached hydrogens (primary N) is 1. The molecule has 2 atom stereocenters. The van der Waals surface area contributed by atoms with Gasteiger partial charge >= 0.3 is 0 Å². The second-order valence-electron chi connectivity index (χ2n) is 5.70. The van der Waals surface area contributed by atoms with Gasteiger partial charge in [0.25, 0.3) is 0 Å². The Hall–Kier alpha value is -1.78. The van der Waals surface area contributed by atoms with Gasteiger partial charge in [0.1, 0.15) is 23.4 Å². The zero-order chi connectivity index (χ0) is 14.9. The number of furan rings is 1. The highest BCUT2D eigenvalue weighted by Gasteiger charge is 2.43. The summed E-state index contributed by atoms with van der Waals surface area (Å²) in [6.07, 6.45) is 0.723. The van der Waals surface area contributed by atoms with Crippen LogP contribution >= 0.6 is 0 Å². The van der Waals surface area contributed by atoms with Crippen LogP contribution in [-0.2, 0) is 12.8 Å². The summed E-state index contributed by atoms with van der Waals surface area (Å²) >= 11 is 0. The van der Waals surface area contributed by atoms with E-state index in [-0.39, 0.29) is 0 Å². The lowest BCUT2D eigenvalue weighted by atomic mass is 9.75. The molecule has 0 radical (unpaired) electrons. The van der Waals surface area contributed by atoms with Crippen molar-refractivity contribution in [2.45, 2.75) is 25.9 Å². The summed E-state index contributed by atoms with van der Waals surface area (Å²) in [5.74, 6) is 2.32. The summed E-state index contributed by atoms with van der Waals surface area (Å²) in [6, 6.07) is 11.6. The number of ether oxygens (including phenoxy) is 1. The molecule has 112 valence electrons. The van der Waals surface area contributed by atoms with Gasteiger partial charge < -0.3 is 20.0 Å². The fourth-order valence-corrected chi connectivity index (χ4v) is 2.89. The summed E-state index contributed by atoms with van der Waals surface area (Å²) in [5.41, 5.74) is 6.53. The zero-order valence-corrected chi connectivity index (χ0v) is 12.2. The Balaban J connectivity index is 1.91. The second kappa shape index (κ2) is 5.54. The number of hydrogen-bond acceptors (Lipinski definition) is 4. The van der Waals surface area contributed by atoms with Crippen LogP contribution in [0.25, 0.3) is 0 Å². The molecule has 1 aromatic carbocycles. The zero-order valence-electron chi connectivity index (χ0n) is 12.2. The van der Waals surface area contributed by atoms with Crippen LogP contribution in [0.2, 0.25) is 0 Å². The third-order valence-electron chi connectivity index (χ3n) is 4.32. The molecule has 0 fully saturated rings. The first-order valence-corrected chi connectivity index (χ1v) is 7.36. The van der Waals surface area contributed by atoms with Gasteiger partial charge in [-0.2, -0.15) is 0 Å². The molecule has 0 saturated carbocycles. The highest BCUT2D eigenvalue weighted by atomic mass is 16.5. The van der Waals surface area contributed by atoms with Crippen molar-refractivity contribution in [1.82, 2.24) is 0 Å². The predicted molar refractivity (Wildman–Crippen MR) is 80.2 cm³/mol. The van der Waals surface area contributed by atoms with Crippen molar-refractivity contribution < 1.29 is 14.3 Å². The van der Waals surface area contributed by atoms with Crippen LogP contribution in [0.5, 0.6) is 5.75 Å². The summed E-state index contributed by atoms with van der Waals surface area (Å²) in [6.45, 7) is 2.75. The van der Waals surface area contributed by atoms with E-state index >= 15 is 0 Å². The van der Waals surface area contributed by atoms with Crippen LogP contribution in [0.15, 0.2) is 40.8 Å². The van der Waals surface area contributed by atoms with Crippen LogP contribution in [0.4, 0.5) is 0 Å². The Kier molecular flexibility index (Phi) is 3.74. The van der Waals surface area contributed by atoms with E-state index in [0.29, 0.717) is 25.3 Å². The van der Waals surface area contributed by atoms with Crippen molar-refractivity contribution in [3.8, 4) is 5.75 Å². The number of aliphatic hydroxyl groups is 1. The topological polar surface area (TPSA) is 68.6 Å². The first-order valence-electron chi connectivity index (χ1n) is 7.36. The molecule has 0 amide bonds. The molecular weight excluding hydrogens is 266 g/mol. The molecule has 4 heteroatoms. The number of para-hydroxylation sites is 1. The van der Waals surface area contributed by atoms with E-state index in [2.05, 4.69) is 0 Å². The normalized spacial score (nSPS) is 22.4. The van der Waals surface area contributed by atoms with E-state index in [1.807, 2.05) is 43.3 Å². The molecule has 1 aliphatic rings. The van der Waals surface area contributed by atoms with Crippen LogP contribution in [0, 0.1) is 5.41 Å². The first-order chi connectivity index (χ1) is 10.2. The monoisotopic (exact) mass is 287 g/mol. The summed E-state index contributed by atoms with van der Waals surface area (Å²) in [5, 5.41) is 10.8. The minimum absolute atomic E-state index is 0.338. The Morgan fingerprint density at radius 1 is 1.29 bits per heavy atom. The fourth-order valence-electron chi connectivity index (χ4n) is 2.89. The number of hydrogen-bond donors (Lipinski definition) is 2. The van der Waals surface area contributed by atoms with E-state index in [4.69, 9.17) is 14.9 Å². The molecular formula is C17H21NO3. The predicted octanol–water partition coefficient (Wildman–Crippen LogP) is 2.46. The molecule has 1 aromatic heterocycles. The van der Waals surface area contributed by atoms with Crippen molar-refractivity contribution in [2.24, 2.45) is 11.1 Å². The van der Waals surface area contributed by atoms with Crippen LogP contribution in [0.3, 0.4) is 0 Å². The third kappa shape index (κ3) is 2.45. The maximum absolute atomic E-state index is 10.8. The van der Waals surface area contributed by atoms with Crippen molar-refractivity contribution >= 4 is 0 Å². The van der Waals surface area contributed by atoms with E-state index in [9.17, 15) is 5.11 Å². The van der Waals surface area contributed by atoms with Crippen LogP contribution in [-0.4, -0.2) is 18.3 Å². The standard InChI is InChI=1S/C17H21NO3/c1-2-13-7-8-15(21-13)16(19)17(10-18)9-12-5-3-4-6-14(12)20-11-17/h3-8,16,19H,2,9-11,18H2,1H3. The number of fused-ring (bicyclic) bond motifs is 1. The summed E-state index contributed by atoms with van der Waals surface area (Å²) in [4.78, 5) is 0. The Morgan fingerprint density at radius 3 is 2.81 bits per heavy atom. The van der Waals surface area contributed by atoms with Gasteiger partial charge in [-0.3, -0.25) is 0 Å². The molecule has 0 spiro atoms. The Morgan fingerprint density at radius 2 is 2.10 bits per heavy atom. The SMILES string of the molecule is CCc1ccc(C(O)C2(CN)COc3ccccc3C2)o1. The molecule has 0 aliphatic carbocycles. The van der Waals surface area contributed by atoms with Crippen molar-refractivity contribution in [3.05, 3.63) is 53.5 Å². The smallest absolute Gasteiger partial charge is 0.133 e.